The van der Waals surface area contributed by atoms with Crippen molar-refractivity contribution >= 4 is 6.29 Å². The van der Waals surface area contributed by atoms with Crippen LogP contribution in [0.1, 0.15) is 22.5 Å². The lowest BCUT2D eigenvalue weighted by Crippen LogP contribution is -1.95. The molecule has 1 aromatic heterocycles. The van der Waals surface area contributed by atoms with E-state index in [0.717, 1.165) is 0 Å². The molecule has 62 valence electrons. The van der Waals surface area contributed by atoms with Gasteiger partial charge >= 0.3 is 0 Å². The summed E-state index contributed by atoms with van der Waals surface area (Å²) in [6.45, 7) is 0.529. The quantitative estimate of drug-likeness (QED) is 0.518. The van der Waals surface area contributed by atoms with Gasteiger partial charge in [-0.05, 0) is 6.07 Å². The molecule has 3 nitrogen and oxygen atoms in total. The highest BCUT2D eigenvalue weighted by Gasteiger charge is 1.99. The van der Waals surface area contributed by atoms with Crippen LogP contribution in [0.2, 0.25) is 0 Å². The molecular weight excluding hydrogens is 154 g/mol. The van der Waals surface area contributed by atoms with Gasteiger partial charge in [-0.2, -0.15) is 0 Å². The van der Waals surface area contributed by atoms with Crippen LogP contribution < -0.4 is 5.73 Å². The molecule has 0 saturated heterocycles. The lowest BCUT2D eigenvalue weighted by Gasteiger charge is -1.82. The van der Waals surface area contributed by atoms with Gasteiger partial charge in [-0.3, -0.25) is 4.79 Å². The van der Waals surface area contributed by atoms with Gasteiger partial charge in [0.2, 0.25) is 0 Å². The molecule has 0 fully saturated rings. The molecule has 0 bridgehead atoms. The van der Waals surface area contributed by atoms with Gasteiger partial charge in [0.05, 0.1) is 11.8 Å². The Morgan fingerprint density at radius 1 is 1.67 bits per heavy atom. The first-order valence-electron chi connectivity index (χ1n) is 3.60. The number of furan rings is 1. The molecule has 0 aliphatic carbocycles. The predicted molar refractivity (Wildman–Crippen MR) is 44.6 cm³/mol. The number of carbonyl (C=O) groups is 1. The van der Waals surface area contributed by atoms with E-state index in [0.29, 0.717) is 24.8 Å². The highest BCUT2D eigenvalue weighted by atomic mass is 16.3. The van der Waals surface area contributed by atoms with Crippen LogP contribution in [0.4, 0.5) is 0 Å². The van der Waals surface area contributed by atoms with E-state index >= 15 is 0 Å². The molecule has 0 unspecified atom stereocenters. The zero-order valence-electron chi connectivity index (χ0n) is 6.54. The summed E-state index contributed by atoms with van der Waals surface area (Å²) >= 11 is 0. The second-order valence-corrected chi connectivity index (χ2v) is 2.16. The first kappa shape index (κ1) is 8.57. The van der Waals surface area contributed by atoms with E-state index < -0.39 is 0 Å². The molecule has 3 heteroatoms. The van der Waals surface area contributed by atoms with Gasteiger partial charge in [-0.15, -0.1) is 0 Å². The van der Waals surface area contributed by atoms with Gasteiger partial charge in [0, 0.05) is 13.0 Å². The Morgan fingerprint density at radius 3 is 3.17 bits per heavy atom. The minimum Gasteiger partial charge on any atom is -0.460 e. The number of rotatable bonds is 2. The normalized spacial score (nSPS) is 8.75. The number of hydrogen-bond acceptors (Lipinski definition) is 3. The van der Waals surface area contributed by atoms with Gasteiger partial charge in [0.15, 0.2) is 12.0 Å². The SMILES string of the molecule is NCCC#Cc1ccoc1C=O. The molecular formula is C9H9NO2. The fourth-order valence-corrected chi connectivity index (χ4v) is 0.745. The predicted octanol–water partition coefficient (Wildman–Crippen LogP) is 0.792. The van der Waals surface area contributed by atoms with Gasteiger partial charge in [-0.1, -0.05) is 11.8 Å². The molecule has 1 aromatic rings. The van der Waals surface area contributed by atoms with Crippen molar-refractivity contribution in [3.05, 3.63) is 23.7 Å². The fraction of sp³-hybridized carbons (Fsp3) is 0.222. The van der Waals surface area contributed by atoms with Gasteiger partial charge in [0.25, 0.3) is 0 Å². The zero-order chi connectivity index (χ0) is 8.81. The van der Waals surface area contributed by atoms with Crippen molar-refractivity contribution in [1.82, 2.24) is 0 Å². The van der Waals surface area contributed by atoms with E-state index in [1.165, 1.54) is 6.26 Å². The Bertz CT molecular complexity index is 317. The van der Waals surface area contributed by atoms with Gasteiger partial charge in [-0.25, -0.2) is 0 Å². The fourth-order valence-electron chi connectivity index (χ4n) is 0.745. The van der Waals surface area contributed by atoms with Crippen LogP contribution >= 0.6 is 0 Å². The molecule has 1 rings (SSSR count). The van der Waals surface area contributed by atoms with E-state index in [-0.39, 0.29) is 5.76 Å². The Kier molecular flexibility index (Phi) is 3.12. The molecule has 0 aromatic carbocycles. The molecule has 1 heterocycles. The van der Waals surface area contributed by atoms with Crippen molar-refractivity contribution in [3.8, 4) is 11.8 Å². The summed E-state index contributed by atoms with van der Waals surface area (Å²) in [7, 11) is 0. The average molecular weight is 163 g/mol. The maximum Gasteiger partial charge on any atom is 0.186 e. The molecule has 0 saturated carbocycles. The van der Waals surface area contributed by atoms with Gasteiger partial charge < -0.3 is 10.2 Å². The molecule has 0 radical (unpaired) electrons. The molecule has 0 spiro atoms. The third-order valence-electron chi connectivity index (χ3n) is 1.29. The molecule has 0 atom stereocenters. The Morgan fingerprint density at radius 2 is 2.50 bits per heavy atom. The van der Waals surface area contributed by atoms with Crippen LogP contribution in [0.3, 0.4) is 0 Å². The number of nitrogens with two attached hydrogens (primary N) is 1. The summed E-state index contributed by atoms with van der Waals surface area (Å²) in [5.41, 5.74) is 5.87. The first-order valence-corrected chi connectivity index (χ1v) is 3.60. The molecule has 0 aliphatic rings. The van der Waals surface area contributed by atoms with Crippen LogP contribution in [0.25, 0.3) is 0 Å². The van der Waals surface area contributed by atoms with Crippen molar-refractivity contribution in [1.29, 1.82) is 0 Å². The number of aldehydes is 1. The van der Waals surface area contributed by atoms with Crippen LogP contribution in [0, 0.1) is 11.8 Å². The van der Waals surface area contributed by atoms with Crippen LogP contribution in [0.5, 0.6) is 0 Å². The van der Waals surface area contributed by atoms with E-state index in [4.69, 9.17) is 10.2 Å². The van der Waals surface area contributed by atoms with Crippen LogP contribution in [0.15, 0.2) is 16.7 Å². The second-order valence-electron chi connectivity index (χ2n) is 2.16. The van der Waals surface area contributed by atoms with Gasteiger partial charge in [0.1, 0.15) is 0 Å². The van der Waals surface area contributed by atoms with E-state index in [9.17, 15) is 4.79 Å². The highest BCUT2D eigenvalue weighted by Crippen LogP contribution is 2.05. The smallest absolute Gasteiger partial charge is 0.186 e. The lowest BCUT2D eigenvalue weighted by atomic mass is 10.2. The molecule has 0 aliphatic heterocycles. The summed E-state index contributed by atoms with van der Waals surface area (Å²) in [6.07, 6.45) is 2.71. The largest absolute Gasteiger partial charge is 0.460 e. The molecule has 2 N–H and O–H groups in total. The van der Waals surface area contributed by atoms with E-state index in [2.05, 4.69) is 11.8 Å². The monoisotopic (exact) mass is 163 g/mol. The second kappa shape index (κ2) is 4.37. The Hall–Kier alpha value is -1.53. The van der Waals surface area contributed by atoms with Crippen molar-refractivity contribution in [2.45, 2.75) is 6.42 Å². The summed E-state index contributed by atoms with van der Waals surface area (Å²) in [6, 6.07) is 1.66. The Labute approximate surface area is 70.6 Å². The van der Waals surface area contributed by atoms with Crippen molar-refractivity contribution < 1.29 is 9.21 Å². The zero-order valence-corrected chi connectivity index (χ0v) is 6.54. The minimum atomic E-state index is 0.277. The number of hydrogen-bond donors (Lipinski definition) is 1. The standard InChI is InChI=1S/C9H9NO2/c10-5-2-1-3-8-4-6-12-9(8)7-11/h4,6-7H,2,5,10H2. The maximum atomic E-state index is 10.3. The first-order chi connectivity index (χ1) is 5.88. The minimum absolute atomic E-state index is 0.277. The number of carbonyl (C=O) groups excluding carboxylic acids is 1. The van der Waals surface area contributed by atoms with Crippen LogP contribution in [-0.2, 0) is 0 Å². The van der Waals surface area contributed by atoms with Crippen LogP contribution in [-0.4, -0.2) is 12.8 Å². The molecule has 12 heavy (non-hydrogen) atoms. The third-order valence-corrected chi connectivity index (χ3v) is 1.29. The summed E-state index contributed by atoms with van der Waals surface area (Å²) in [4.78, 5) is 10.3. The third kappa shape index (κ3) is 1.97. The van der Waals surface area contributed by atoms with Crippen molar-refractivity contribution in [2.75, 3.05) is 6.54 Å². The lowest BCUT2D eigenvalue weighted by molar-refractivity contribution is 0.110. The summed E-state index contributed by atoms with van der Waals surface area (Å²) in [5.74, 6) is 5.89. The maximum absolute atomic E-state index is 10.3. The summed E-state index contributed by atoms with van der Waals surface area (Å²) in [5, 5.41) is 0. The van der Waals surface area contributed by atoms with E-state index in [1.54, 1.807) is 6.07 Å². The Balaban J connectivity index is 2.76. The van der Waals surface area contributed by atoms with Crippen molar-refractivity contribution in [2.24, 2.45) is 5.73 Å². The highest BCUT2D eigenvalue weighted by molar-refractivity contribution is 5.75. The summed E-state index contributed by atoms with van der Waals surface area (Å²) < 4.78 is 4.84. The molecule has 0 amide bonds. The topological polar surface area (TPSA) is 56.2 Å². The van der Waals surface area contributed by atoms with Crippen molar-refractivity contribution in [3.63, 3.8) is 0 Å². The van der Waals surface area contributed by atoms with E-state index in [1.807, 2.05) is 0 Å². The average Bonchev–Trinajstić information content (AvgIpc) is 2.52.